The first-order chi connectivity index (χ1) is 5.99. The van der Waals surface area contributed by atoms with Crippen LogP contribution in [0, 0.1) is 0 Å². The van der Waals surface area contributed by atoms with Gasteiger partial charge in [-0.2, -0.15) is 0 Å². The van der Waals surface area contributed by atoms with Crippen LogP contribution in [0.3, 0.4) is 0 Å². The van der Waals surface area contributed by atoms with E-state index in [1.807, 2.05) is 13.8 Å². The van der Waals surface area contributed by atoms with E-state index in [-0.39, 0.29) is 0 Å². The first kappa shape index (κ1) is 12.0. The smallest absolute Gasteiger partial charge is 0.0271 e. The predicted molar refractivity (Wildman–Crippen MR) is 61.8 cm³/mol. The van der Waals surface area contributed by atoms with E-state index in [1.54, 1.807) is 0 Å². The van der Waals surface area contributed by atoms with Crippen molar-refractivity contribution in [2.75, 3.05) is 0 Å². The molecule has 72 valence electrons. The average molecular weight is 176 g/mol. The molecule has 0 saturated heterocycles. The Morgan fingerprint density at radius 3 is 1.92 bits per heavy atom. The van der Waals surface area contributed by atoms with Gasteiger partial charge in [0, 0.05) is 0 Å². The third-order valence-electron chi connectivity index (χ3n) is 1.97. The molecule has 0 heterocycles. The van der Waals surface area contributed by atoms with Crippen LogP contribution < -0.4 is 0 Å². The summed E-state index contributed by atoms with van der Waals surface area (Å²) in [6.45, 7) is 14.3. The number of allylic oxidation sites excluding steroid dienone is 7. The zero-order valence-corrected chi connectivity index (χ0v) is 9.44. The van der Waals surface area contributed by atoms with Crippen molar-refractivity contribution < 1.29 is 0 Å². The van der Waals surface area contributed by atoms with E-state index < -0.39 is 0 Å². The summed E-state index contributed by atoms with van der Waals surface area (Å²) in [7, 11) is 0. The lowest BCUT2D eigenvalue weighted by molar-refractivity contribution is 1.30. The summed E-state index contributed by atoms with van der Waals surface area (Å²) in [5.74, 6) is 0. The van der Waals surface area contributed by atoms with E-state index in [9.17, 15) is 0 Å². The maximum absolute atomic E-state index is 3.91. The third-order valence-corrected chi connectivity index (χ3v) is 1.97. The van der Waals surface area contributed by atoms with Gasteiger partial charge in [0.05, 0.1) is 0 Å². The molecular formula is C13H20. The van der Waals surface area contributed by atoms with E-state index in [1.165, 1.54) is 16.7 Å². The van der Waals surface area contributed by atoms with Crippen molar-refractivity contribution in [3.63, 3.8) is 0 Å². The Morgan fingerprint density at radius 2 is 1.62 bits per heavy atom. The summed E-state index contributed by atoms with van der Waals surface area (Å²) < 4.78 is 0. The molecule has 0 aliphatic rings. The average Bonchev–Trinajstić information content (AvgIpc) is 2.03. The Kier molecular flexibility index (Phi) is 5.13. The van der Waals surface area contributed by atoms with Crippen molar-refractivity contribution in [3.05, 3.63) is 47.1 Å². The van der Waals surface area contributed by atoms with Crippen molar-refractivity contribution in [1.82, 2.24) is 0 Å². The maximum Gasteiger partial charge on any atom is -0.0271 e. The van der Waals surface area contributed by atoms with Crippen molar-refractivity contribution in [3.8, 4) is 0 Å². The Morgan fingerprint density at radius 1 is 1.08 bits per heavy atom. The van der Waals surface area contributed by atoms with Gasteiger partial charge in [0.2, 0.25) is 0 Å². The molecule has 0 aromatic heterocycles. The highest BCUT2D eigenvalue weighted by Crippen LogP contribution is 2.13. The summed E-state index contributed by atoms with van der Waals surface area (Å²) in [6, 6.07) is 0. The van der Waals surface area contributed by atoms with E-state index in [0.29, 0.717) is 0 Å². The fourth-order valence-corrected chi connectivity index (χ4v) is 0.895. The van der Waals surface area contributed by atoms with Crippen LogP contribution in [0.2, 0.25) is 0 Å². The summed E-state index contributed by atoms with van der Waals surface area (Å²) in [6.07, 6.45) is 6.37. The molecule has 0 atom stereocenters. The van der Waals surface area contributed by atoms with Gasteiger partial charge in [0.15, 0.2) is 0 Å². The van der Waals surface area contributed by atoms with Gasteiger partial charge in [0.1, 0.15) is 0 Å². The van der Waals surface area contributed by atoms with Crippen LogP contribution >= 0.6 is 0 Å². The Labute approximate surface area is 82.4 Å². The largest absolute Gasteiger partial charge is 0.0958 e. The molecule has 0 fully saturated rings. The molecule has 0 amide bonds. The highest BCUT2D eigenvalue weighted by molar-refractivity contribution is 5.40. The van der Waals surface area contributed by atoms with Crippen molar-refractivity contribution in [1.29, 1.82) is 0 Å². The van der Waals surface area contributed by atoms with Gasteiger partial charge in [-0.1, -0.05) is 36.0 Å². The van der Waals surface area contributed by atoms with Crippen LogP contribution in [0.4, 0.5) is 0 Å². The fraction of sp³-hybridized carbons (Fsp3) is 0.385. The number of hydrogen-bond donors (Lipinski definition) is 0. The van der Waals surface area contributed by atoms with Crippen LogP contribution in [-0.4, -0.2) is 0 Å². The van der Waals surface area contributed by atoms with Crippen LogP contribution in [0.5, 0.6) is 0 Å². The van der Waals surface area contributed by atoms with E-state index in [2.05, 4.69) is 45.6 Å². The minimum Gasteiger partial charge on any atom is -0.0958 e. The topological polar surface area (TPSA) is 0 Å². The lowest BCUT2D eigenvalue weighted by Gasteiger charge is -2.02. The van der Waals surface area contributed by atoms with Crippen LogP contribution in [0.15, 0.2) is 47.1 Å². The summed E-state index contributed by atoms with van der Waals surface area (Å²) in [4.78, 5) is 0. The summed E-state index contributed by atoms with van der Waals surface area (Å²) in [5, 5.41) is 0. The van der Waals surface area contributed by atoms with Crippen molar-refractivity contribution in [2.24, 2.45) is 0 Å². The molecule has 0 aliphatic carbocycles. The first-order valence-electron chi connectivity index (χ1n) is 4.63. The van der Waals surface area contributed by atoms with E-state index >= 15 is 0 Å². The highest BCUT2D eigenvalue weighted by Gasteiger charge is 1.93. The molecule has 0 spiro atoms. The van der Waals surface area contributed by atoms with Gasteiger partial charge in [-0.05, 0) is 45.8 Å². The van der Waals surface area contributed by atoms with E-state index in [0.717, 1.165) is 5.57 Å². The quantitative estimate of drug-likeness (QED) is 0.558. The zero-order chi connectivity index (χ0) is 10.4. The summed E-state index contributed by atoms with van der Waals surface area (Å²) in [5.41, 5.74) is 4.99. The SMILES string of the molecule is C=C(C)/C(C)=C/C(/C=C\C)=C(C)C. The monoisotopic (exact) mass is 176 g/mol. The molecule has 0 aromatic carbocycles. The maximum atomic E-state index is 3.91. The molecule has 0 saturated carbocycles. The van der Waals surface area contributed by atoms with Crippen molar-refractivity contribution >= 4 is 0 Å². The van der Waals surface area contributed by atoms with Crippen molar-refractivity contribution in [2.45, 2.75) is 34.6 Å². The number of hydrogen-bond acceptors (Lipinski definition) is 0. The van der Waals surface area contributed by atoms with Gasteiger partial charge in [-0.15, -0.1) is 0 Å². The molecule has 0 aliphatic heterocycles. The molecule has 13 heavy (non-hydrogen) atoms. The van der Waals surface area contributed by atoms with Gasteiger partial charge in [0.25, 0.3) is 0 Å². The molecule has 0 unspecified atom stereocenters. The van der Waals surface area contributed by atoms with Crippen LogP contribution in [0.25, 0.3) is 0 Å². The van der Waals surface area contributed by atoms with Gasteiger partial charge >= 0.3 is 0 Å². The van der Waals surface area contributed by atoms with Gasteiger partial charge < -0.3 is 0 Å². The zero-order valence-electron chi connectivity index (χ0n) is 9.44. The lowest BCUT2D eigenvalue weighted by atomic mass is 10.0. The molecule has 0 nitrogen and oxygen atoms in total. The number of rotatable bonds is 3. The first-order valence-corrected chi connectivity index (χ1v) is 4.63. The predicted octanol–water partition coefficient (Wildman–Crippen LogP) is 4.42. The summed E-state index contributed by atoms with van der Waals surface area (Å²) >= 11 is 0. The molecule has 0 aromatic rings. The van der Waals surface area contributed by atoms with Gasteiger partial charge in [-0.25, -0.2) is 0 Å². The fourth-order valence-electron chi connectivity index (χ4n) is 0.895. The van der Waals surface area contributed by atoms with Crippen LogP contribution in [0.1, 0.15) is 34.6 Å². The molecule has 0 N–H and O–H groups in total. The minimum atomic E-state index is 1.13. The Balaban J connectivity index is 4.93. The minimum absolute atomic E-state index is 1.13. The standard InChI is InChI=1S/C13H20/c1-7-8-13(11(4)5)9-12(6)10(2)3/h7-9H,2H2,1,3-6H3/b8-7-,12-9+. The Hall–Kier alpha value is -1.04. The van der Waals surface area contributed by atoms with Gasteiger partial charge in [-0.3, -0.25) is 0 Å². The van der Waals surface area contributed by atoms with E-state index in [4.69, 9.17) is 0 Å². The second kappa shape index (κ2) is 5.58. The third kappa shape index (κ3) is 4.51. The highest BCUT2D eigenvalue weighted by atomic mass is 14.0. The molecule has 0 heteroatoms. The lowest BCUT2D eigenvalue weighted by Crippen LogP contribution is -1.82. The second-order valence-corrected chi connectivity index (χ2v) is 3.56. The molecular weight excluding hydrogens is 156 g/mol. The molecule has 0 bridgehead atoms. The Bertz CT molecular complexity index is 268. The normalized spacial score (nSPS) is 11.9. The second-order valence-electron chi connectivity index (χ2n) is 3.56. The van der Waals surface area contributed by atoms with Crippen LogP contribution in [-0.2, 0) is 0 Å². The molecule has 0 radical (unpaired) electrons. The molecule has 0 rings (SSSR count).